The molecule has 1 aliphatic carbocycles. The van der Waals surface area contributed by atoms with Crippen LogP contribution in [0.2, 0.25) is 0 Å². The summed E-state index contributed by atoms with van der Waals surface area (Å²) in [6.07, 6.45) is 5.97. The van der Waals surface area contributed by atoms with Crippen molar-refractivity contribution in [2.45, 2.75) is 44.6 Å². The minimum absolute atomic E-state index is 0.0507. The second kappa shape index (κ2) is 6.94. The van der Waals surface area contributed by atoms with Crippen LogP contribution in [-0.4, -0.2) is 24.0 Å². The van der Waals surface area contributed by atoms with Gasteiger partial charge in [-0.3, -0.25) is 4.79 Å². The Labute approximate surface area is 154 Å². The third kappa shape index (κ3) is 3.50. The highest BCUT2D eigenvalue weighted by molar-refractivity contribution is 5.82. The van der Waals surface area contributed by atoms with Crippen LogP contribution in [0.3, 0.4) is 0 Å². The molecular formula is C22H24N2O2. The van der Waals surface area contributed by atoms with E-state index in [1.807, 2.05) is 0 Å². The molecule has 1 saturated carbocycles. The molecule has 2 fully saturated rings. The number of hydrogen-bond acceptors (Lipinski definition) is 3. The molecule has 2 heterocycles. The molecule has 1 aromatic carbocycles. The summed E-state index contributed by atoms with van der Waals surface area (Å²) in [6, 6.07) is 12.7. The summed E-state index contributed by atoms with van der Waals surface area (Å²) in [5.74, 6) is 1.43. The fourth-order valence-corrected chi connectivity index (χ4v) is 3.50. The van der Waals surface area contributed by atoms with Crippen LogP contribution in [0.4, 0.5) is 0 Å². The number of pyridine rings is 1. The van der Waals surface area contributed by atoms with Gasteiger partial charge in [-0.2, -0.15) is 0 Å². The van der Waals surface area contributed by atoms with Gasteiger partial charge in [0.25, 0.3) is 0 Å². The molecule has 0 radical (unpaired) electrons. The van der Waals surface area contributed by atoms with Gasteiger partial charge in [-0.15, -0.1) is 0 Å². The summed E-state index contributed by atoms with van der Waals surface area (Å²) >= 11 is 0. The number of amides is 1. The highest BCUT2D eigenvalue weighted by Gasteiger charge is 2.28. The van der Waals surface area contributed by atoms with Gasteiger partial charge < -0.3 is 10.1 Å². The van der Waals surface area contributed by atoms with Crippen molar-refractivity contribution in [3.63, 3.8) is 0 Å². The fraction of sp³-hybridized carbons (Fsp3) is 0.364. The van der Waals surface area contributed by atoms with Gasteiger partial charge in [0.15, 0.2) is 0 Å². The van der Waals surface area contributed by atoms with Crippen molar-refractivity contribution in [2.75, 3.05) is 7.11 Å². The molecule has 0 unspecified atom stereocenters. The van der Waals surface area contributed by atoms with Gasteiger partial charge in [0.2, 0.25) is 11.8 Å². The molecular weight excluding hydrogens is 324 g/mol. The van der Waals surface area contributed by atoms with Crippen LogP contribution in [0, 0.1) is 6.92 Å². The number of aromatic nitrogens is 1. The molecule has 134 valence electrons. The van der Waals surface area contributed by atoms with E-state index < -0.39 is 0 Å². The van der Waals surface area contributed by atoms with Crippen molar-refractivity contribution in [1.82, 2.24) is 10.3 Å². The lowest BCUT2D eigenvalue weighted by molar-refractivity contribution is -0.119. The van der Waals surface area contributed by atoms with Crippen LogP contribution in [0.5, 0.6) is 5.88 Å². The first-order valence-corrected chi connectivity index (χ1v) is 9.27. The number of nitrogens with zero attached hydrogens (tertiary/aromatic N) is 1. The largest absolute Gasteiger partial charge is 0.481 e. The van der Waals surface area contributed by atoms with Crippen LogP contribution in [0.15, 0.2) is 42.5 Å². The van der Waals surface area contributed by atoms with Gasteiger partial charge in [-0.1, -0.05) is 42.0 Å². The normalized spacial score (nSPS) is 20.2. The van der Waals surface area contributed by atoms with E-state index in [1.165, 1.54) is 24.0 Å². The van der Waals surface area contributed by atoms with Crippen LogP contribution >= 0.6 is 0 Å². The van der Waals surface area contributed by atoms with Crippen LogP contribution in [0.25, 0.3) is 5.57 Å². The maximum atomic E-state index is 11.6. The Morgan fingerprint density at radius 1 is 1.15 bits per heavy atom. The predicted octanol–water partition coefficient (Wildman–Crippen LogP) is 3.99. The van der Waals surface area contributed by atoms with E-state index in [1.54, 1.807) is 7.11 Å². The number of aryl methyl sites for hydroxylation is 1. The molecule has 4 rings (SSSR count). The molecule has 1 aromatic heterocycles. The first-order valence-electron chi connectivity index (χ1n) is 9.27. The average molecular weight is 348 g/mol. The maximum absolute atomic E-state index is 11.6. The molecule has 1 aliphatic heterocycles. The van der Waals surface area contributed by atoms with E-state index in [4.69, 9.17) is 9.72 Å². The molecule has 26 heavy (non-hydrogen) atoms. The summed E-state index contributed by atoms with van der Waals surface area (Å²) in [5.41, 5.74) is 5.45. The highest BCUT2D eigenvalue weighted by atomic mass is 16.5. The summed E-state index contributed by atoms with van der Waals surface area (Å²) in [6.45, 7) is 2.08. The molecule has 0 spiro atoms. The summed E-state index contributed by atoms with van der Waals surface area (Å²) in [4.78, 5) is 16.4. The van der Waals surface area contributed by atoms with Crippen molar-refractivity contribution in [2.24, 2.45) is 0 Å². The van der Waals surface area contributed by atoms with E-state index in [2.05, 4.69) is 54.7 Å². The Hall–Kier alpha value is -2.62. The zero-order chi connectivity index (χ0) is 18.1. The number of ether oxygens (including phenoxy) is 1. The minimum atomic E-state index is 0.0507. The van der Waals surface area contributed by atoms with Gasteiger partial charge in [0.05, 0.1) is 12.8 Å². The summed E-state index contributed by atoms with van der Waals surface area (Å²) in [7, 11) is 1.68. The van der Waals surface area contributed by atoms with Crippen molar-refractivity contribution in [1.29, 1.82) is 0 Å². The lowest BCUT2D eigenvalue weighted by Gasteiger charge is -2.14. The molecule has 4 heteroatoms. The molecule has 1 atom stereocenters. The van der Waals surface area contributed by atoms with E-state index in [0.29, 0.717) is 12.3 Å². The van der Waals surface area contributed by atoms with Crippen molar-refractivity contribution < 1.29 is 9.53 Å². The van der Waals surface area contributed by atoms with E-state index in [0.717, 1.165) is 29.1 Å². The molecule has 1 amide bonds. The molecule has 4 nitrogen and oxygen atoms in total. The number of carbonyl (C=O) groups is 1. The third-order valence-electron chi connectivity index (χ3n) is 5.14. The van der Waals surface area contributed by atoms with E-state index >= 15 is 0 Å². The summed E-state index contributed by atoms with van der Waals surface area (Å²) in [5, 5.41) is 3.03. The van der Waals surface area contributed by atoms with Crippen LogP contribution in [0.1, 0.15) is 54.0 Å². The van der Waals surface area contributed by atoms with E-state index in [9.17, 15) is 4.79 Å². The fourth-order valence-electron chi connectivity index (χ4n) is 3.50. The average Bonchev–Trinajstić information content (AvgIpc) is 3.42. The molecule has 1 N–H and O–H groups in total. The monoisotopic (exact) mass is 348 g/mol. The standard InChI is InChI=1S/C22H24N2O2/c1-14-3-5-16(6-4-14)19(13-17-9-12-21(25)23-17)20-11-10-18(15-7-8-15)22(24-20)26-2/h3-6,10-11,13,15,17H,7-9,12H2,1-2H3,(H,23,25)/b19-13+/t17-/m1/s1. The Morgan fingerprint density at radius 3 is 2.54 bits per heavy atom. The molecule has 2 aromatic rings. The Balaban J connectivity index is 1.75. The first kappa shape index (κ1) is 16.8. The lowest BCUT2D eigenvalue weighted by atomic mass is 9.97. The zero-order valence-corrected chi connectivity index (χ0v) is 15.3. The van der Waals surface area contributed by atoms with Gasteiger partial charge in [-0.05, 0) is 43.7 Å². The Morgan fingerprint density at radius 2 is 1.92 bits per heavy atom. The molecule has 2 aliphatic rings. The number of methoxy groups -OCH3 is 1. The van der Waals surface area contributed by atoms with Gasteiger partial charge >= 0.3 is 0 Å². The van der Waals surface area contributed by atoms with Crippen molar-refractivity contribution in [3.8, 4) is 5.88 Å². The van der Waals surface area contributed by atoms with Gasteiger partial charge in [0.1, 0.15) is 0 Å². The predicted molar refractivity (Wildman–Crippen MR) is 102 cm³/mol. The zero-order valence-electron chi connectivity index (χ0n) is 15.3. The quantitative estimate of drug-likeness (QED) is 0.889. The Kier molecular flexibility index (Phi) is 4.49. The second-order valence-electron chi connectivity index (χ2n) is 7.23. The smallest absolute Gasteiger partial charge is 0.220 e. The molecule has 0 bridgehead atoms. The number of benzene rings is 1. The SMILES string of the molecule is COc1nc(/C(=C/[C@H]2CCC(=O)N2)c2ccc(C)cc2)ccc1C1CC1. The number of hydrogen-bond donors (Lipinski definition) is 1. The topological polar surface area (TPSA) is 51.2 Å². The molecule has 1 saturated heterocycles. The maximum Gasteiger partial charge on any atom is 0.220 e. The van der Waals surface area contributed by atoms with Gasteiger partial charge in [0, 0.05) is 23.6 Å². The second-order valence-corrected chi connectivity index (χ2v) is 7.23. The van der Waals surface area contributed by atoms with E-state index in [-0.39, 0.29) is 11.9 Å². The van der Waals surface area contributed by atoms with Crippen LogP contribution < -0.4 is 10.1 Å². The first-order chi connectivity index (χ1) is 12.6. The van der Waals surface area contributed by atoms with Crippen LogP contribution in [-0.2, 0) is 4.79 Å². The number of rotatable bonds is 5. The highest BCUT2D eigenvalue weighted by Crippen LogP contribution is 2.44. The van der Waals surface area contributed by atoms with Crippen molar-refractivity contribution in [3.05, 3.63) is 64.9 Å². The summed E-state index contributed by atoms with van der Waals surface area (Å²) < 4.78 is 5.57. The number of carbonyl (C=O) groups excluding carboxylic acids is 1. The van der Waals surface area contributed by atoms with Crippen molar-refractivity contribution >= 4 is 11.5 Å². The number of nitrogens with one attached hydrogen (secondary N) is 1. The lowest BCUT2D eigenvalue weighted by Crippen LogP contribution is -2.23. The Bertz CT molecular complexity index is 851. The third-order valence-corrected chi connectivity index (χ3v) is 5.14. The minimum Gasteiger partial charge on any atom is -0.481 e. The van der Waals surface area contributed by atoms with Gasteiger partial charge in [-0.25, -0.2) is 4.98 Å².